The Kier molecular flexibility index (Phi) is 5.99. The Balaban J connectivity index is 1.39. The molecule has 152 valence electrons. The van der Waals surface area contributed by atoms with Crippen LogP contribution in [0.5, 0.6) is 0 Å². The molecule has 1 atom stereocenters. The predicted octanol–water partition coefficient (Wildman–Crippen LogP) is 3.22. The van der Waals surface area contributed by atoms with Gasteiger partial charge in [-0.2, -0.15) is 22.7 Å². The Hall–Kier alpha value is -2.61. The van der Waals surface area contributed by atoms with Crippen LogP contribution in [0.25, 0.3) is 16.7 Å². The summed E-state index contributed by atoms with van der Waals surface area (Å²) in [5.74, 6) is 2.21. The van der Waals surface area contributed by atoms with Crippen LogP contribution in [0, 0.1) is 5.92 Å². The number of aromatic nitrogens is 4. The molecule has 1 saturated carbocycles. The van der Waals surface area contributed by atoms with Crippen LogP contribution in [0.15, 0.2) is 42.7 Å². The average Bonchev–Trinajstić information content (AvgIpc) is 3.18. The highest BCUT2D eigenvalue weighted by atomic mass is 32.1. The quantitative estimate of drug-likeness (QED) is 0.544. The summed E-state index contributed by atoms with van der Waals surface area (Å²) >= 11 is 4.23. The van der Waals surface area contributed by atoms with E-state index in [2.05, 4.69) is 38.3 Å². The number of carbonyl (C=O) groups excluding carboxylic acids is 1. The number of rotatable bonds is 6. The summed E-state index contributed by atoms with van der Waals surface area (Å²) in [7, 11) is 0. The molecule has 2 heterocycles. The third-order valence-electron chi connectivity index (χ3n) is 5.43. The maximum Gasteiger partial charge on any atom is 0.224 e. The third kappa shape index (κ3) is 4.53. The van der Waals surface area contributed by atoms with Crippen LogP contribution < -0.4 is 10.6 Å². The SMILES string of the molecule is C[C@@H](CS)NC(=O)[C@H]1CC[C@H](Nc2nccc(-n3ncc4ccccc43)n2)CC1. The molecule has 2 aromatic heterocycles. The third-order valence-corrected chi connectivity index (χ3v) is 5.98. The van der Waals surface area contributed by atoms with Gasteiger partial charge in [0.05, 0.1) is 11.7 Å². The Bertz CT molecular complexity index is 982. The van der Waals surface area contributed by atoms with Crippen LogP contribution in [0.1, 0.15) is 32.6 Å². The highest BCUT2D eigenvalue weighted by Gasteiger charge is 2.27. The number of nitrogens with zero attached hydrogens (tertiary/aromatic N) is 4. The Morgan fingerprint density at radius 2 is 2.03 bits per heavy atom. The Labute approximate surface area is 175 Å². The fourth-order valence-electron chi connectivity index (χ4n) is 3.78. The second kappa shape index (κ2) is 8.82. The second-order valence-electron chi connectivity index (χ2n) is 7.64. The van der Waals surface area contributed by atoms with Crippen molar-refractivity contribution in [3.63, 3.8) is 0 Å². The predicted molar refractivity (Wildman–Crippen MR) is 117 cm³/mol. The van der Waals surface area contributed by atoms with Gasteiger partial charge < -0.3 is 10.6 Å². The Morgan fingerprint density at radius 3 is 2.83 bits per heavy atom. The summed E-state index contributed by atoms with van der Waals surface area (Å²) in [6.45, 7) is 1.98. The molecular weight excluding hydrogens is 384 g/mol. The normalized spacial score (nSPS) is 20.3. The van der Waals surface area contributed by atoms with E-state index < -0.39 is 0 Å². The number of hydrogen-bond donors (Lipinski definition) is 3. The molecule has 7 nitrogen and oxygen atoms in total. The number of anilines is 1. The van der Waals surface area contributed by atoms with E-state index in [1.54, 1.807) is 6.20 Å². The van der Waals surface area contributed by atoms with Crippen molar-refractivity contribution in [1.29, 1.82) is 0 Å². The summed E-state index contributed by atoms with van der Waals surface area (Å²) < 4.78 is 1.83. The lowest BCUT2D eigenvalue weighted by Gasteiger charge is -2.29. The van der Waals surface area contributed by atoms with E-state index in [1.807, 2.05) is 48.1 Å². The van der Waals surface area contributed by atoms with Crippen LogP contribution in [0.3, 0.4) is 0 Å². The van der Waals surface area contributed by atoms with E-state index >= 15 is 0 Å². The lowest BCUT2D eigenvalue weighted by molar-refractivity contribution is -0.126. The van der Waals surface area contributed by atoms with E-state index in [0.717, 1.165) is 42.4 Å². The monoisotopic (exact) mass is 410 g/mol. The first-order chi connectivity index (χ1) is 14.1. The van der Waals surface area contributed by atoms with Gasteiger partial charge in [-0.15, -0.1) is 0 Å². The molecule has 0 bridgehead atoms. The van der Waals surface area contributed by atoms with Gasteiger partial charge >= 0.3 is 0 Å². The largest absolute Gasteiger partial charge is 0.353 e. The summed E-state index contributed by atoms with van der Waals surface area (Å²) in [6, 6.07) is 10.3. The highest BCUT2D eigenvalue weighted by Crippen LogP contribution is 2.26. The van der Waals surface area contributed by atoms with Gasteiger partial charge in [-0.25, -0.2) is 9.67 Å². The van der Waals surface area contributed by atoms with Gasteiger partial charge in [-0.05, 0) is 38.7 Å². The summed E-state index contributed by atoms with van der Waals surface area (Å²) in [6.07, 6.45) is 7.17. The minimum absolute atomic E-state index is 0.0816. The van der Waals surface area contributed by atoms with Crippen molar-refractivity contribution in [3.8, 4) is 5.82 Å². The van der Waals surface area contributed by atoms with E-state index in [-0.39, 0.29) is 23.9 Å². The van der Waals surface area contributed by atoms with E-state index in [0.29, 0.717) is 11.7 Å². The number of para-hydroxylation sites is 1. The average molecular weight is 411 g/mol. The van der Waals surface area contributed by atoms with Crippen molar-refractivity contribution in [1.82, 2.24) is 25.1 Å². The van der Waals surface area contributed by atoms with Crippen LogP contribution in [-0.2, 0) is 4.79 Å². The van der Waals surface area contributed by atoms with Gasteiger partial charge in [-0.3, -0.25) is 4.79 Å². The molecule has 0 saturated heterocycles. The van der Waals surface area contributed by atoms with Crippen LogP contribution in [-0.4, -0.2) is 43.5 Å². The molecule has 1 aliphatic carbocycles. The molecule has 0 unspecified atom stereocenters. The number of benzene rings is 1. The zero-order chi connectivity index (χ0) is 20.2. The van der Waals surface area contributed by atoms with Crippen LogP contribution in [0.2, 0.25) is 0 Å². The lowest BCUT2D eigenvalue weighted by Crippen LogP contribution is -2.40. The summed E-state index contributed by atoms with van der Waals surface area (Å²) in [5, 5.41) is 12.0. The smallest absolute Gasteiger partial charge is 0.224 e. The molecule has 1 fully saturated rings. The van der Waals surface area contributed by atoms with E-state index in [1.165, 1.54) is 0 Å². The molecule has 1 aliphatic rings. The van der Waals surface area contributed by atoms with Crippen molar-refractivity contribution in [2.75, 3.05) is 11.1 Å². The maximum atomic E-state index is 12.3. The van der Waals surface area contributed by atoms with Gasteiger partial charge in [0.1, 0.15) is 0 Å². The topological polar surface area (TPSA) is 84.7 Å². The van der Waals surface area contributed by atoms with Crippen molar-refractivity contribution >= 4 is 35.4 Å². The highest BCUT2D eigenvalue weighted by molar-refractivity contribution is 7.80. The minimum Gasteiger partial charge on any atom is -0.353 e. The van der Waals surface area contributed by atoms with Crippen molar-refractivity contribution in [2.24, 2.45) is 5.92 Å². The molecule has 3 aromatic rings. The maximum absolute atomic E-state index is 12.3. The fraction of sp³-hybridized carbons (Fsp3) is 0.429. The van der Waals surface area contributed by atoms with Crippen molar-refractivity contribution < 1.29 is 4.79 Å². The zero-order valence-electron chi connectivity index (χ0n) is 16.5. The van der Waals surface area contributed by atoms with Gasteiger partial charge in [0.15, 0.2) is 5.82 Å². The van der Waals surface area contributed by atoms with Crippen LogP contribution >= 0.6 is 12.6 Å². The first kappa shape index (κ1) is 19.7. The Morgan fingerprint density at radius 1 is 1.24 bits per heavy atom. The van der Waals surface area contributed by atoms with E-state index in [4.69, 9.17) is 0 Å². The first-order valence-corrected chi connectivity index (χ1v) is 10.7. The van der Waals surface area contributed by atoms with Gasteiger partial charge in [0.25, 0.3) is 0 Å². The molecule has 1 amide bonds. The standard InChI is InChI=1S/C21H26N6OS/c1-14(13-29)24-20(28)15-6-8-17(9-7-15)25-21-22-11-10-19(26-21)27-18-5-3-2-4-16(18)12-23-27/h2-5,10-12,14-15,17,29H,6-9,13H2,1H3,(H,24,28)(H,22,25,26)/t14-,15-,17-/m0/s1. The molecule has 29 heavy (non-hydrogen) atoms. The number of hydrogen-bond acceptors (Lipinski definition) is 6. The number of fused-ring (bicyclic) bond motifs is 1. The number of carbonyl (C=O) groups is 1. The minimum atomic E-state index is 0.0816. The number of amides is 1. The van der Waals surface area contributed by atoms with Crippen LogP contribution in [0.4, 0.5) is 5.95 Å². The summed E-state index contributed by atoms with van der Waals surface area (Å²) in [5.41, 5.74) is 1.01. The second-order valence-corrected chi connectivity index (χ2v) is 8.00. The van der Waals surface area contributed by atoms with Crippen molar-refractivity contribution in [2.45, 2.75) is 44.7 Å². The number of nitrogens with one attached hydrogen (secondary N) is 2. The molecule has 0 aliphatic heterocycles. The number of thiol groups is 1. The molecular formula is C21H26N6OS. The molecule has 1 aromatic carbocycles. The lowest BCUT2D eigenvalue weighted by atomic mass is 9.85. The first-order valence-electron chi connectivity index (χ1n) is 10.1. The summed E-state index contributed by atoms with van der Waals surface area (Å²) in [4.78, 5) is 21.3. The molecule has 2 N–H and O–H groups in total. The van der Waals surface area contributed by atoms with Crippen molar-refractivity contribution in [3.05, 3.63) is 42.7 Å². The molecule has 8 heteroatoms. The molecule has 0 spiro atoms. The molecule has 4 rings (SSSR count). The zero-order valence-corrected chi connectivity index (χ0v) is 17.3. The van der Waals surface area contributed by atoms with Gasteiger partial charge in [0.2, 0.25) is 11.9 Å². The van der Waals surface area contributed by atoms with Gasteiger partial charge in [0, 0.05) is 41.4 Å². The van der Waals surface area contributed by atoms with E-state index in [9.17, 15) is 4.79 Å². The van der Waals surface area contributed by atoms with Gasteiger partial charge in [-0.1, -0.05) is 18.2 Å². The molecule has 0 radical (unpaired) electrons. The fourth-order valence-corrected chi connectivity index (χ4v) is 3.87.